The highest BCUT2D eigenvalue weighted by atomic mass is 19.3. The maximum Gasteiger partial charge on any atom is 0.343 e. The Kier molecular flexibility index (Phi) is 15.3. The van der Waals surface area contributed by atoms with Crippen LogP contribution in [-0.4, -0.2) is 72.0 Å². The van der Waals surface area contributed by atoms with Crippen LogP contribution in [0.15, 0.2) is 84.9 Å². The highest BCUT2D eigenvalue weighted by Gasteiger charge is 2.45. The minimum absolute atomic E-state index is 0.0197. The largest absolute Gasteiger partial charge is 0.494 e. The third kappa shape index (κ3) is 12.3. The average molecular weight is 845 g/mol. The van der Waals surface area contributed by atoms with Crippen molar-refractivity contribution >= 4 is 5.97 Å². The Balaban J connectivity index is 0.787. The highest BCUT2D eigenvalue weighted by Crippen LogP contribution is 2.52. The van der Waals surface area contributed by atoms with Crippen molar-refractivity contribution in [2.24, 2.45) is 10.8 Å². The van der Waals surface area contributed by atoms with Gasteiger partial charge in [0.15, 0.2) is 5.75 Å². The molecule has 0 unspecified atom stereocenters. The summed E-state index contributed by atoms with van der Waals surface area (Å²) in [5.41, 5.74) is 1.75. The van der Waals surface area contributed by atoms with E-state index in [0.717, 1.165) is 116 Å². The van der Waals surface area contributed by atoms with E-state index in [4.69, 9.17) is 42.9 Å². The van der Waals surface area contributed by atoms with Crippen LogP contribution in [0, 0.1) is 10.8 Å². The Bertz CT molecular complexity index is 2010. The molecule has 2 aliphatic heterocycles. The summed E-state index contributed by atoms with van der Waals surface area (Å²) in [5.74, 6) is -2.44. The number of esters is 1. The van der Waals surface area contributed by atoms with E-state index in [1.54, 1.807) is 42.5 Å². The molecule has 0 radical (unpaired) electrons. The molecule has 2 fully saturated rings. The summed E-state index contributed by atoms with van der Waals surface area (Å²) >= 11 is 0. The Morgan fingerprint density at radius 3 is 1.54 bits per heavy atom. The first-order chi connectivity index (χ1) is 29.6. The van der Waals surface area contributed by atoms with Gasteiger partial charge in [-0.1, -0.05) is 51.0 Å². The summed E-state index contributed by atoms with van der Waals surface area (Å²) in [7, 11) is 0. The van der Waals surface area contributed by atoms with Crippen molar-refractivity contribution < 1.29 is 56.5 Å². The van der Waals surface area contributed by atoms with Crippen molar-refractivity contribution in [1.82, 2.24) is 0 Å². The lowest BCUT2D eigenvalue weighted by Gasteiger charge is -2.37. The number of hydrogen-bond donors (Lipinski definition) is 0. The summed E-state index contributed by atoms with van der Waals surface area (Å²) in [5, 5.41) is 0. The SMILES string of the molecule is CC1(COCCCCCCOc2ccc(COOc3ccc4c(c3)C(F)(F)c3cc(OC(=O)c5ccc(OCCCCCCOCC6(C)COC6)cc5)ccc3-4)cc2)COC1. The number of fused-ring (bicyclic) bond motifs is 3. The number of alkyl halides is 2. The minimum atomic E-state index is -3.35. The lowest BCUT2D eigenvalue weighted by Crippen LogP contribution is -2.43. The summed E-state index contributed by atoms with van der Waals surface area (Å²) in [6, 6.07) is 22.8. The van der Waals surface area contributed by atoms with E-state index in [-0.39, 0.29) is 45.6 Å². The predicted molar refractivity (Wildman–Crippen MR) is 226 cm³/mol. The van der Waals surface area contributed by atoms with Crippen molar-refractivity contribution in [3.05, 3.63) is 107 Å². The average Bonchev–Trinajstić information content (AvgIpc) is 3.46. The molecular weight excluding hydrogens is 787 g/mol. The predicted octanol–water partition coefficient (Wildman–Crippen LogP) is 10.5. The van der Waals surface area contributed by atoms with Gasteiger partial charge >= 0.3 is 5.97 Å². The van der Waals surface area contributed by atoms with Crippen molar-refractivity contribution in [1.29, 1.82) is 0 Å². The van der Waals surface area contributed by atoms with Crippen molar-refractivity contribution in [2.75, 3.05) is 66.1 Å². The van der Waals surface area contributed by atoms with E-state index in [1.807, 2.05) is 24.3 Å². The van der Waals surface area contributed by atoms with Crippen molar-refractivity contribution in [3.8, 4) is 34.1 Å². The summed E-state index contributed by atoms with van der Waals surface area (Å²) in [6.07, 6.45) is 8.20. The number of hydrogen-bond acceptors (Lipinski definition) is 10. The minimum Gasteiger partial charge on any atom is -0.494 e. The molecule has 0 N–H and O–H groups in total. The van der Waals surface area contributed by atoms with Crippen LogP contribution in [0.5, 0.6) is 23.0 Å². The van der Waals surface area contributed by atoms with E-state index in [1.165, 1.54) is 18.2 Å². The number of ether oxygens (including phenoxy) is 7. The number of carbonyl (C=O) groups is 1. The van der Waals surface area contributed by atoms with E-state index >= 15 is 8.78 Å². The van der Waals surface area contributed by atoms with Crippen molar-refractivity contribution in [3.63, 3.8) is 0 Å². The second kappa shape index (κ2) is 21.0. The van der Waals surface area contributed by atoms with Crippen LogP contribution in [0.25, 0.3) is 11.1 Å². The van der Waals surface area contributed by atoms with E-state index in [9.17, 15) is 4.79 Å². The summed E-state index contributed by atoms with van der Waals surface area (Å²) in [6.45, 7) is 11.9. The van der Waals surface area contributed by atoms with E-state index in [0.29, 0.717) is 30.1 Å². The number of halogens is 2. The van der Waals surface area contributed by atoms with Gasteiger partial charge in [-0.05, 0) is 116 Å². The molecule has 0 amide bonds. The van der Waals surface area contributed by atoms with Gasteiger partial charge in [0.05, 0.1) is 58.4 Å². The van der Waals surface area contributed by atoms with Gasteiger partial charge in [-0.25, -0.2) is 4.79 Å². The van der Waals surface area contributed by atoms with Gasteiger partial charge in [0, 0.05) is 35.2 Å². The van der Waals surface area contributed by atoms with Crippen LogP contribution in [-0.2, 0) is 36.4 Å². The fourth-order valence-electron chi connectivity index (χ4n) is 7.40. The molecule has 61 heavy (non-hydrogen) atoms. The van der Waals surface area contributed by atoms with Crippen LogP contribution in [0.1, 0.15) is 92.3 Å². The maximum absolute atomic E-state index is 15.9. The Morgan fingerprint density at radius 1 is 0.574 bits per heavy atom. The van der Waals surface area contributed by atoms with Gasteiger partial charge in [-0.3, -0.25) is 0 Å². The molecule has 4 aromatic carbocycles. The monoisotopic (exact) mass is 844 g/mol. The second-order valence-electron chi connectivity index (χ2n) is 17.1. The Morgan fingerprint density at radius 2 is 1.03 bits per heavy atom. The van der Waals surface area contributed by atoms with Crippen LogP contribution >= 0.6 is 0 Å². The number of benzene rings is 4. The number of rotatable bonds is 26. The van der Waals surface area contributed by atoms with Gasteiger partial charge in [-0.2, -0.15) is 13.7 Å². The standard InChI is InChI=1S/C49H58F2O10/c1-47(32-55-33-47)30-53-23-7-3-5-9-25-57-38-15-11-36(12-16-38)29-59-61-41-20-22-43-42-21-19-40(27-44(42)49(50,51)45(43)28-41)60-46(52)37-13-17-39(18-14-37)58-26-10-6-4-8-24-54-31-48(2)34-56-35-48/h11-22,27-28H,3-10,23-26,29-35H2,1-2H3. The Hall–Kier alpha value is -4.59. The highest BCUT2D eigenvalue weighted by molar-refractivity contribution is 5.91. The zero-order valence-electron chi connectivity index (χ0n) is 35.4. The smallest absolute Gasteiger partial charge is 0.343 e. The van der Waals surface area contributed by atoms with Crippen LogP contribution in [0.4, 0.5) is 8.78 Å². The molecule has 7 rings (SSSR count). The molecule has 0 atom stereocenters. The first kappa shape index (κ1) is 44.5. The molecule has 12 heteroatoms. The maximum atomic E-state index is 15.9. The van der Waals surface area contributed by atoms with Gasteiger partial charge < -0.3 is 38.0 Å². The summed E-state index contributed by atoms with van der Waals surface area (Å²) < 4.78 is 71.1. The lowest BCUT2D eigenvalue weighted by atomic mass is 9.90. The second-order valence-corrected chi connectivity index (χ2v) is 17.1. The fourth-order valence-corrected chi connectivity index (χ4v) is 7.40. The zero-order chi connectivity index (χ0) is 42.5. The number of carbonyl (C=O) groups excluding carboxylic acids is 1. The third-order valence-corrected chi connectivity index (χ3v) is 11.2. The number of unbranched alkanes of at least 4 members (excludes halogenated alkanes) is 6. The first-order valence-corrected chi connectivity index (χ1v) is 21.5. The fraction of sp³-hybridized carbons (Fsp3) is 0.490. The molecule has 2 saturated heterocycles. The molecule has 0 bridgehead atoms. The van der Waals surface area contributed by atoms with Crippen LogP contribution < -0.4 is 19.1 Å². The molecule has 0 aromatic heterocycles. The molecule has 1 aliphatic carbocycles. The molecule has 3 aliphatic rings. The van der Waals surface area contributed by atoms with E-state index < -0.39 is 11.9 Å². The molecule has 2 heterocycles. The van der Waals surface area contributed by atoms with E-state index in [2.05, 4.69) is 13.8 Å². The first-order valence-electron chi connectivity index (χ1n) is 21.5. The van der Waals surface area contributed by atoms with Crippen LogP contribution in [0.3, 0.4) is 0 Å². The quantitative estimate of drug-likeness (QED) is 0.0200. The Labute approximate surface area is 357 Å². The topological polar surface area (TPSA) is 100 Å². The van der Waals surface area contributed by atoms with Gasteiger partial charge in [0.25, 0.3) is 5.92 Å². The normalized spacial score (nSPS) is 16.5. The molecule has 0 saturated carbocycles. The van der Waals surface area contributed by atoms with Crippen LogP contribution in [0.2, 0.25) is 0 Å². The molecular formula is C49H58F2O10. The van der Waals surface area contributed by atoms with Crippen molar-refractivity contribution in [2.45, 2.75) is 77.7 Å². The van der Waals surface area contributed by atoms with Gasteiger partial charge in [-0.15, -0.1) is 0 Å². The molecule has 0 spiro atoms. The zero-order valence-corrected chi connectivity index (χ0v) is 35.4. The lowest BCUT2D eigenvalue weighted by molar-refractivity contribution is -0.217. The summed E-state index contributed by atoms with van der Waals surface area (Å²) in [4.78, 5) is 23.8. The molecule has 10 nitrogen and oxygen atoms in total. The third-order valence-electron chi connectivity index (χ3n) is 11.2. The molecule has 328 valence electrons. The van der Waals surface area contributed by atoms with Gasteiger partial charge in [0.2, 0.25) is 0 Å². The molecule has 4 aromatic rings. The van der Waals surface area contributed by atoms with Gasteiger partial charge in [0.1, 0.15) is 23.9 Å².